The van der Waals surface area contributed by atoms with Crippen LogP contribution < -0.4 is 0 Å². The topological polar surface area (TPSA) is 20.2 Å². The Morgan fingerprint density at radius 1 is 1.27 bits per heavy atom. The number of rotatable bonds is 4. The molecule has 0 saturated carbocycles. The Morgan fingerprint density at radius 2 is 1.80 bits per heavy atom. The predicted octanol–water partition coefficient (Wildman–Crippen LogP) is 3.63. The van der Waals surface area contributed by atoms with Crippen molar-refractivity contribution in [1.82, 2.24) is 0 Å². The molecule has 2 heteroatoms. The molecular formula is C13H19IO. The second-order valence-corrected chi connectivity index (χ2v) is 6.14. The molecule has 84 valence electrons. The van der Waals surface area contributed by atoms with Gasteiger partial charge in [0.2, 0.25) is 0 Å². The average Bonchev–Trinajstić information content (AvgIpc) is 2.06. The van der Waals surface area contributed by atoms with Gasteiger partial charge in [0.15, 0.2) is 0 Å². The molecule has 0 radical (unpaired) electrons. The summed E-state index contributed by atoms with van der Waals surface area (Å²) in [4.78, 5) is 0. The molecule has 1 atom stereocenters. The van der Waals surface area contributed by atoms with Gasteiger partial charge in [0.05, 0.1) is 5.60 Å². The fourth-order valence-corrected chi connectivity index (χ4v) is 2.35. The summed E-state index contributed by atoms with van der Waals surface area (Å²) in [7, 11) is 0. The van der Waals surface area contributed by atoms with Crippen LogP contribution in [0, 0.1) is 9.49 Å². The monoisotopic (exact) mass is 318 g/mol. The van der Waals surface area contributed by atoms with Crippen molar-refractivity contribution in [2.45, 2.75) is 39.2 Å². The Hall–Kier alpha value is -0.0900. The van der Waals surface area contributed by atoms with Crippen LogP contribution in [0.15, 0.2) is 24.3 Å². The summed E-state index contributed by atoms with van der Waals surface area (Å²) in [5.41, 5.74) is 0.627. The van der Waals surface area contributed by atoms with Crippen molar-refractivity contribution < 1.29 is 5.11 Å². The summed E-state index contributed by atoms with van der Waals surface area (Å²) in [5.74, 6) is 0.531. The third-order valence-electron chi connectivity index (χ3n) is 2.35. The van der Waals surface area contributed by atoms with Gasteiger partial charge in [-0.15, -0.1) is 0 Å². The van der Waals surface area contributed by atoms with Crippen LogP contribution >= 0.6 is 22.6 Å². The van der Waals surface area contributed by atoms with E-state index in [4.69, 9.17) is 0 Å². The van der Waals surface area contributed by atoms with E-state index in [0.717, 1.165) is 12.8 Å². The average molecular weight is 318 g/mol. The molecule has 0 bridgehead atoms. The van der Waals surface area contributed by atoms with Crippen LogP contribution in [0.4, 0.5) is 0 Å². The quantitative estimate of drug-likeness (QED) is 0.841. The van der Waals surface area contributed by atoms with Crippen LogP contribution in [0.1, 0.15) is 32.8 Å². The van der Waals surface area contributed by atoms with Crippen LogP contribution in [0.5, 0.6) is 0 Å². The SMILES string of the molecule is CC(C)CC(C)(O)Cc1ccc(I)cc1. The molecule has 0 aromatic heterocycles. The Kier molecular flexibility index (Phi) is 4.59. The highest BCUT2D eigenvalue weighted by Crippen LogP contribution is 2.21. The van der Waals surface area contributed by atoms with Crippen molar-refractivity contribution >= 4 is 22.6 Å². The van der Waals surface area contributed by atoms with E-state index in [0.29, 0.717) is 5.92 Å². The third-order valence-corrected chi connectivity index (χ3v) is 3.07. The van der Waals surface area contributed by atoms with E-state index in [1.165, 1.54) is 9.13 Å². The second kappa shape index (κ2) is 5.30. The molecule has 0 amide bonds. The summed E-state index contributed by atoms with van der Waals surface area (Å²) >= 11 is 2.29. The molecule has 1 aromatic carbocycles. The zero-order valence-corrected chi connectivity index (χ0v) is 11.8. The number of hydrogen-bond donors (Lipinski definition) is 1. The maximum Gasteiger partial charge on any atom is 0.0662 e. The summed E-state index contributed by atoms with van der Waals surface area (Å²) in [6.07, 6.45) is 1.58. The summed E-state index contributed by atoms with van der Waals surface area (Å²) in [6, 6.07) is 8.36. The molecule has 1 unspecified atom stereocenters. The van der Waals surface area contributed by atoms with E-state index >= 15 is 0 Å². The van der Waals surface area contributed by atoms with Gasteiger partial charge in [-0.2, -0.15) is 0 Å². The van der Waals surface area contributed by atoms with Gasteiger partial charge in [-0.25, -0.2) is 0 Å². The van der Waals surface area contributed by atoms with Crippen LogP contribution in [-0.2, 0) is 6.42 Å². The summed E-state index contributed by atoms with van der Waals surface area (Å²) < 4.78 is 1.24. The highest BCUT2D eigenvalue weighted by molar-refractivity contribution is 14.1. The molecule has 0 spiro atoms. The second-order valence-electron chi connectivity index (χ2n) is 4.90. The minimum Gasteiger partial charge on any atom is -0.390 e. The van der Waals surface area contributed by atoms with Gasteiger partial charge in [0.1, 0.15) is 0 Å². The molecule has 0 saturated heterocycles. The predicted molar refractivity (Wildman–Crippen MR) is 72.9 cm³/mol. The van der Waals surface area contributed by atoms with E-state index in [1.807, 2.05) is 6.92 Å². The summed E-state index contributed by atoms with van der Waals surface area (Å²) in [5, 5.41) is 10.2. The highest BCUT2D eigenvalue weighted by atomic mass is 127. The maximum absolute atomic E-state index is 10.2. The van der Waals surface area contributed by atoms with Gasteiger partial charge >= 0.3 is 0 Å². The van der Waals surface area contributed by atoms with E-state index in [-0.39, 0.29) is 0 Å². The first kappa shape index (κ1) is 13.0. The molecule has 1 nitrogen and oxygen atoms in total. The zero-order chi connectivity index (χ0) is 11.5. The lowest BCUT2D eigenvalue weighted by Crippen LogP contribution is -2.29. The van der Waals surface area contributed by atoms with E-state index < -0.39 is 5.60 Å². The van der Waals surface area contributed by atoms with Gasteiger partial charge < -0.3 is 5.11 Å². The van der Waals surface area contributed by atoms with Gasteiger partial charge in [-0.05, 0) is 59.5 Å². The minimum absolute atomic E-state index is 0.531. The molecule has 0 aliphatic carbocycles. The Balaban J connectivity index is 2.64. The van der Waals surface area contributed by atoms with Crippen molar-refractivity contribution in [2.75, 3.05) is 0 Å². The van der Waals surface area contributed by atoms with Crippen molar-refractivity contribution in [2.24, 2.45) is 5.92 Å². The zero-order valence-electron chi connectivity index (χ0n) is 9.63. The molecule has 0 aliphatic rings. The molecule has 0 heterocycles. The highest BCUT2D eigenvalue weighted by Gasteiger charge is 2.21. The minimum atomic E-state index is -0.582. The molecular weight excluding hydrogens is 299 g/mol. The molecule has 1 aromatic rings. The lowest BCUT2D eigenvalue weighted by Gasteiger charge is -2.25. The molecule has 0 fully saturated rings. The Bertz CT molecular complexity index is 301. The van der Waals surface area contributed by atoms with Gasteiger partial charge in [0, 0.05) is 9.99 Å². The summed E-state index contributed by atoms with van der Waals surface area (Å²) in [6.45, 7) is 6.20. The van der Waals surface area contributed by atoms with Crippen molar-refractivity contribution in [3.8, 4) is 0 Å². The first-order chi connectivity index (χ1) is 6.89. The smallest absolute Gasteiger partial charge is 0.0662 e. The maximum atomic E-state index is 10.2. The van der Waals surface area contributed by atoms with E-state index in [2.05, 4.69) is 60.7 Å². The van der Waals surface area contributed by atoms with E-state index in [9.17, 15) is 5.11 Å². The molecule has 1 N–H and O–H groups in total. The fraction of sp³-hybridized carbons (Fsp3) is 0.538. The first-order valence-corrected chi connectivity index (χ1v) is 6.44. The third kappa shape index (κ3) is 4.98. The standard InChI is InChI=1S/C13H19IO/c1-10(2)8-13(3,15)9-11-4-6-12(14)7-5-11/h4-7,10,15H,8-9H2,1-3H3. The molecule has 15 heavy (non-hydrogen) atoms. The lowest BCUT2D eigenvalue weighted by molar-refractivity contribution is 0.0388. The van der Waals surface area contributed by atoms with E-state index in [1.54, 1.807) is 0 Å². The van der Waals surface area contributed by atoms with Crippen LogP contribution in [0.3, 0.4) is 0 Å². The van der Waals surface area contributed by atoms with Crippen LogP contribution in [-0.4, -0.2) is 10.7 Å². The van der Waals surface area contributed by atoms with Gasteiger partial charge in [0.25, 0.3) is 0 Å². The first-order valence-electron chi connectivity index (χ1n) is 5.36. The number of aliphatic hydroxyl groups is 1. The number of halogens is 1. The molecule has 0 aliphatic heterocycles. The van der Waals surface area contributed by atoms with Crippen LogP contribution in [0.2, 0.25) is 0 Å². The van der Waals surface area contributed by atoms with Gasteiger partial charge in [-0.1, -0.05) is 26.0 Å². The molecule has 1 rings (SSSR count). The number of benzene rings is 1. The Morgan fingerprint density at radius 3 is 2.27 bits per heavy atom. The van der Waals surface area contributed by atoms with Gasteiger partial charge in [-0.3, -0.25) is 0 Å². The van der Waals surface area contributed by atoms with Crippen molar-refractivity contribution in [3.63, 3.8) is 0 Å². The largest absolute Gasteiger partial charge is 0.390 e. The normalized spacial score (nSPS) is 15.3. The number of hydrogen-bond acceptors (Lipinski definition) is 1. The van der Waals surface area contributed by atoms with Crippen molar-refractivity contribution in [3.05, 3.63) is 33.4 Å². The lowest BCUT2D eigenvalue weighted by atomic mass is 9.88. The van der Waals surface area contributed by atoms with Crippen LogP contribution in [0.25, 0.3) is 0 Å². The Labute approximate surface area is 106 Å². The van der Waals surface area contributed by atoms with Crippen molar-refractivity contribution in [1.29, 1.82) is 0 Å². The fourth-order valence-electron chi connectivity index (χ4n) is 1.99.